The molecule has 1 aromatic rings. The van der Waals surface area contributed by atoms with Crippen LogP contribution in [0.15, 0.2) is 21.6 Å². The lowest BCUT2D eigenvalue weighted by molar-refractivity contribution is 1.20. The van der Waals surface area contributed by atoms with E-state index in [1.165, 1.54) is 0 Å². The summed E-state index contributed by atoms with van der Waals surface area (Å²) in [6, 6.07) is 3.81. The summed E-state index contributed by atoms with van der Waals surface area (Å²) in [5, 5.41) is 0.557. The van der Waals surface area contributed by atoms with Crippen molar-refractivity contribution in [3.05, 3.63) is 21.9 Å². The van der Waals surface area contributed by atoms with Gasteiger partial charge in [-0.25, -0.2) is 4.98 Å². The third-order valence-corrected chi connectivity index (χ3v) is 2.61. The van der Waals surface area contributed by atoms with Crippen molar-refractivity contribution < 1.29 is 0 Å². The van der Waals surface area contributed by atoms with Crippen LogP contribution in [0.4, 0.5) is 0 Å². The number of halogens is 2. The highest BCUT2D eigenvalue weighted by Gasteiger charge is 1.98. The van der Waals surface area contributed by atoms with Gasteiger partial charge in [-0.15, -0.1) is 11.8 Å². The summed E-state index contributed by atoms with van der Waals surface area (Å²) in [6.07, 6.45) is 1.97. The molecule has 0 aromatic carbocycles. The Bertz CT molecular complexity index is 241. The van der Waals surface area contributed by atoms with Crippen LogP contribution in [0.25, 0.3) is 0 Å². The van der Waals surface area contributed by atoms with Crippen molar-refractivity contribution in [3.63, 3.8) is 0 Å². The molecule has 1 aromatic heterocycles. The number of hydrogen-bond acceptors (Lipinski definition) is 2. The number of pyridine rings is 1. The summed E-state index contributed by atoms with van der Waals surface area (Å²) in [4.78, 5) is 5.01. The maximum atomic E-state index is 5.77. The van der Waals surface area contributed by atoms with Gasteiger partial charge in [-0.05, 0) is 34.3 Å². The first kappa shape index (κ1) is 8.37. The Kier molecular flexibility index (Phi) is 3.01. The molecule has 0 fully saturated rings. The molecule has 1 nitrogen and oxygen atoms in total. The standard InChI is InChI=1S/C6H5BrClNS/c1-10-4-2-3-5(7)9-6(4)8/h2-3H,1H3. The topological polar surface area (TPSA) is 12.9 Å². The Labute approximate surface area is 77.3 Å². The molecule has 0 atom stereocenters. The van der Waals surface area contributed by atoms with Crippen LogP contribution < -0.4 is 0 Å². The number of nitrogens with zero attached hydrogens (tertiary/aromatic N) is 1. The van der Waals surface area contributed by atoms with Gasteiger partial charge in [-0.1, -0.05) is 11.6 Å². The number of thioether (sulfide) groups is 1. The molecule has 0 saturated carbocycles. The maximum absolute atomic E-state index is 5.77. The monoisotopic (exact) mass is 237 g/mol. The zero-order valence-corrected chi connectivity index (χ0v) is 8.42. The molecular weight excluding hydrogens is 233 g/mol. The molecule has 54 valence electrons. The summed E-state index contributed by atoms with van der Waals surface area (Å²) in [6.45, 7) is 0. The van der Waals surface area contributed by atoms with Crippen molar-refractivity contribution in [1.82, 2.24) is 4.98 Å². The van der Waals surface area contributed by atoms with E-state index in [0.717, 1.165) is 9.50 Å². The molecule has 0 bridgehead atoms. The largest absolute Gasteiger partial charge is 0.228 e. The van der Waals surface area contributed by atoms with E-state index in [9.17, 15) is 0 Å². The van der Waals surface area contributed by atoms with E-state index < -0.39 is 0 Å². The van der Waals surface area contributed by atoms with E-state index in [0.29, 0.717) is 5.15 Å². The van der Waals surface area contributed by atoms with Gasteiger partial charge < -0.3 is 0 Å². The number of rotatable bonds is 1. The maximum Gasteiger partial charge on any atom is 0.143 e. The average molecular weight is 239 g/mol. The summed E-state index contributed by atoms with van der Waals surface area (Å²) in [5.41, 5.74) is 0. The van der Waals surface area contributed by atoms with Gasteiger partial charge in [-0.3, -0.25) is 0 Å². The van der Waals surface area contributed by atoms with Crippen LogP contribution in [0.5, 0.6) is 0 Å². The summed E-state index contributed by atoms with van der Waals surface area (Å²) in [5.74, 6) is 0. The first-order chi connectivity index (χ1) is 4.74. The minimum atomic E-state index is 0.557. The van der Waals surface area contributed by atoms with Gasteiger partial charge >= 0.3 is 0 Å². The predicted molar refractivity (Wildman–Crippen MR) is 48.7 cm³/mol. The molecule has 10 heavy (non-hydrogen) atoms. The van der Waals surface area contributed by atoms with Crippen LogP contribution in [-0.2, 0) is 0 Å². The van der Waals surface area contributed by atoms with Crippen LogP contribution in [0, 0.1) is 0 Å². The van der Waals surface area contributed by atoms with Gasteiger partial charge in [0.15, 0.2) is 0 Å². The summed E-state index contributed by atoms with van der Waals surface area (Å²) in [7, 11) is 0. The van der Waals surface area contributed by atoms with Gasteiger partial charge in [0.05, 0.1) is 0 Å². The van der Waals surface area contributed by atoms with Crippen molar-refractivity contribution in [2.45, 2.75) is 4.90 Å². The lowest BCUT2D eigenvalue weighted by Gasteiger charge is -1.97. The zero-order chi connectivity index (χ0) is 7.56. The molecule has 0 radical (unpaired) electrons. The fraction of sp³-hybridized carbons (Fsp3) is 0.167. The highest BCUT2D eigenvalue weighted by Crippen LogP contribution is 2.24. The molecule has 1 rings (SSSR count). The molecular formula is C6H5BrClNS. The van der Waals surface area contributed by atoms with Crippen molar-refractivity contribution >= 4 is 39.3 Å². The highest BCUT2D eigenvalue weighted by atomic mass is 79.9. The molecule has 0 saturated heterocycles. The number of hydrogen-bond donors (Lipinski definition) is 0. The quantitative estimate of drug-likeness (QED) is 0.550. The molecule has 0 unspecified atom stereocenters. The summed E-state index contributed by atoms with van der Waals surface area (Å²) < 4.78 is 0.773. The van der Waals surface area contributed by atoms with Crippen LogP contribution in [0.2, 0.25) is 5.15 Å². The second kappa shape index (κ2) is 3.60. The van der Waals surface area contributed by atoms with Gasteiger partial charge in [-0.2, -0.15) is 0 Å². The molecule has 0 amide bonds. The first-order valence-corrected chi connectivity index (χ1v) is 4.99. The molecule has 0 N–H and O–H groups in total. The average Bonchev–Trinajstić information content (AvgIpc) is 1.88. The SMILES string of the molecule is CSc1ccc(Br)nc1Cl. The molecule has 4 heteroatoms. The number of aromatic nitrogens is 1. The van der Waals surface area contributed by atoms with Crippen molar-refractivity contribution in [1.29, 1.82) is 0 Å². The smallest absolute Gasteiger partial charge is 0.143 e. The third kappa shape index (κ3) is 1.87. The molecule has 0 aliphatic rings. The molecule has 1 heterocycles. The first-order valence-electron chi connectivity index (χ1n) is 2.60. The highest BCUT2D eigenvalue weighted by molar-refractivity contribution is 9.10. The van der Waals surface area contributed by atoms with Gasteiger partial charge in [0.25, 0.3) is 0 Å². The Balaban J connectivity index is 3.07. The van der Waals surface area contributed by atoms with Gasteiger partial charge in [0, 0.05) is 4.90 Å². The van der Waals surface area contributed by atoms with Crippen LogP contribution in [0.3, 0.4) is 0 Å². The zero-order valence-electron chi connectivity index (χ0n) is 5.27. The van der Waals surface area contributed by atoms with E-state index in [1.807, 2.05) is 18.4 Å². The van der Waals surface area contributed by atoms with E-state index in [1.54, 1.807) is 11.8 Å². The van der Waals surface area contributed by atoms with E-state index >= 15 is 0 Å². The van der Waals surface area contributed by atoms with E-state index in [2.05, 4.69) is 20.9 Å². The van der Waals surface area contributed by atoms with E-state index in [-0.39, 0.29) is 0 Å². The predicted octanol–water partition coefficient (Wildman–Crippen LogP) is 3.22. The van der Waals surface area contributed by atoms with Gasteiger partial charge in [0.1, 0.15) is 9.76 Å². The van der Waals surface area contributed by atoms with E-state index in [4.69, 9.17) is 11.6 Å². The van der Waals surface area contributed by atoms with Gasteiger partial charge in [0.2, 0.25) is 0 Å². The van der Waals surface area contributed by atoms with Crippen LogP contribution in [-0.4, -0.2) is 11.2 Å². The van der Waals surface area contributed by atoms with Crippen LogP contribution >= 0.6 is 39.3 Å². The Morgan fingerprint density at radius 2 is 2.30 bits per heavy atom. The second-order valence-electron chi connectivity index (χ2n) is 1.63. The van der Waals surface area contributed by atoms with Crippen molar-refractivity contribution in [2.75, 3.05) is 6.26 Å². The lowest BCUT2D eigenvalue weighted by Crippen LogP contribution is -1.79. The molecule has 0 aliphatic heterocycles. The Morgan fingerprint density at radius 3 is 2.80 bits per heavy atom. The molecule has 0 spiro atoms. The second-order valence-corrected chi connectivity index (χ2v) is 3.65. The van der Waals surface area contributed by atoms with Crippen LogP contribution in [0.1, 0.15) is 0 Å². The van der Waals surface area contributed by atoms with Crippen molar-refractivity contribution in [2.24, 2.45) is 0 Å². The summed E-state index contributed by atoms with van der Waals surface area (Å²) >= 11 is 10.6. The lowest BCUT2D eigenvalue weighted by atomic mass is 10.5. The molecule has 0 aliphatic carbocycles. The minimum absolute atomic E-state index is 0.557. The minimum Gasteiger partial charge on any atom is -0.228 e. The van der Waals surface area contributed by atoms with Crippen molar-refractivity contribution in [3.8, 4) is 0 Å². The Hall–Kier alpha value is 0.270. The third-order valence-electron chi connectivity index (χ3n) is 1.00. The fourth-order valence-electron chi connectivity index (χ4n) is 0.552. The fourth-order valence-corrected chi connectivity index (χ4v) is 1.77. The normalized spacial score (nSPS) is 9.90. The Morgan fingerprint density at radius 1 is 1.60 bits per heavy atom.